The normalized spacial score (nSPS) is 19.2. The van der Waals surface area contributed by atoms with Crippen molar-refractivity contribution in [1.29, 1.82) is 0 Å². The lowest BCUT2D eigenvalue weighted by Crippen LogP contribution is -2.34. The number of aromatic nitrogens is 3. The lowest BCUT2D eigenvalue weighted by atomic mass is 9.78. The molecule has 0 aliphatic heterocycles. The molecule has 4 rings (SSSR count). The summed E-state index contributed by atoms with van der Waals surface area (Å²) in [6.45, 7) is 2.62. The topological polar surface area (TPSA) is 83.0 Å². The summed E-state index contributed by atoms with van der Waals surface area (Å²) in [5, 5.41) is 16.9. The fourth-order valence-electron chi connectivity index (χ4n) is 3.50. The van der Waals surface area contributed by atoms with Gasteiger partial charge in [-0.05, 0) is 31.9 Å². The summed E-state index contributed by atoms with van der Waals surface area (Å²) in [4.78, 5) is 13.2. The Morgan fingerprint density at radius 2 is 2.00 bits per heavy atom. The molecule has 3 N–H and O–H groups in total. The highest BCUT2D eigenvalue weighted by atomic mass is 16.3. The number of hydrogen-bond donors (Lipinski definition) is 3. The van der Waals surface area contributed by atoms with E-state index in [0.29, 0.717) is 18.5 Å². The van der Waals surface area contributed by atoms with E-state index in [-0.39, 0.29) is 6.61 Å². The van der Waals surface area contributed by atoms with Crippen LogP contribution >= 0.6 is 0 Å². The number of anilines is 2. The van der Waals surface area contributed by atoms with Gasteiger partial charge in [-0.15, -0.1) is 0 Å². The van der Waals surface area contributed by atoms with Crippen LogP contribution in [0.25, 0.3) is 10.9 Å². The predicted octanol–water partition coefficient (Wildman–Crippen LogP) is 3.10. The maximum Gasteiger partial charge on any atom is 0.129 e. The molecule has 1 aromatic carbocycles. The molecule has 6 heteroatoms. The van der Waals surface area contributed by atoms with Gasteiger partial charge in [0.15, 0.2) is 0 Å². The molecule has 3 aromatic rings. The second-order valence-electron chi connectivity index (χ2n) is 6.82. The summed E-state index contributed by atoms with van der Waals surface area (Å²) in [5.41, 5.74) is 4.28. The Labute approximate surface area is 152 Å². The van der Waals surface area contributed by atoms with Crippen LogP contribution in [0.3, 0.4) is 0 Å². The third-order valence-electron chi connectivity index (χ3n) is 4.87. The molecule has 6 nitrogen and oxygen atoms in total. The molecule has 1 fully saturated rings. The van der Waals surface area contributed by atoms with Crippen molar-refractivity contribution in [3.05, 3.63) is 54.1 Å². The fraction of sp³-hybridized carbons (Fsp3) is 0.350. The third-order valence-corrected chi connectivity index (χ3v) is 4.87. The first-order chi connectivity index (χ1) is 12.7. The van der Waals surface area contributed by atoms with Crippen molar-refractivity contribution in [3.63, 3.8) is 0 Å². The van der Waals surface area contributed by atoms with E-state index in [1.165, 1.54) is 5.39 Å². The van der Waals surface area contributed by atoms with Gasteiger partial charge in [0.1, 0.15) is 12.1 Å². The summed E-state index contributed by atoms with van der Waals surface area (Å²) < 4.78 is 0. The summed E-state index contributed by atoms with van der Waals surface area (Å²) >= 11 is 0. The summed E-state index contributed by atoms with van der Waals surface area (Å²) in [6, 6.07) is 12.8. The number of rotatable bonds is 6. The quantitative estimate of drug-likeness (QED) is 0.634. The molecule has 0 spiro atoms. The van der Waals surface area contributed by atoms with Crippen LogP contribution in [0.15, 0.2) is 42.7 Å². The van der Waals surface area contributed by atoms with E-state index in [9.17, 15) is 0 Å². The Balaban J connectivity index is 1.43. The van der Waals surface area contributed by atoms with Crippen molar-refractivity contribution < 1.29 is 5.11 Å². The van der Waals surface area contributed by atoms with E-state index < -0.39 is 0 Å². The molecule has 0 unspecified atom stereocenters. The lowest BCUT2D eigenvalue weighted by Gasteiger charge is -2.36. The van der Waals surface area contributed by atoms with Gasteiger partial charge in [0.05, 0.1) is 12.1 Å². The van der Waals surface area contributed by atoms with Crippen LogP contribution in [0, 0.1) is 6.92 Å². The Morgan fingerprint density at radius 3 is 2.85 bits per heavy atom. The van der Waals surface area contributed by atoms with Crippen molar-refractivity contribution in [2.24, 2.45) is 0 Å². The molecule has 26 heavy (non-hydrogen) atoms. The number of aliphatic hydroxyl groups is 1. The van der Waals surface area contributed by atoms with Gasteiger partial charge in [-0.3, -0.25) is 4.98 Å². The number of aryl methyl sites for hydroxylation is 1. The smallest absolute Gasteiger partial charge is 0.129 e. The van der Waals surface area contributed by atoms with Gasteiger partial charge in [-0.1, -0.05) is 18.2 Å². The van der Waals surface area contributed by atoms with Crippen molar-refractivity contribution in [2.75, 3.05) is 23.8 Å². The molecule has 0 amide bonds. The van der Waals surface area contributed by atoms with Crippen LogP contribution < -0.4 is 10.6 Å². The minimum absolute atomic E-state index is 0.0913. The molecule has 2 aromatic heterocycles. The monoisotopic (exact) mass is 349 g/mol. The first kappa shape index (κ1) is 16.7. The highest BCUT2D eigenvalue weighted by Gasteiger charge is 2.31. The number of aliphatic hydroxyl groups excluding tert-OH is 1. The average molecular weight is 349 g/mol. The molecule has 1 aliphatic carbocycles. The number of hydrogen-bond acceptors (Lipinski definition) is 6. The molecule has 2 heterocycles. The minimum atomic E-state index is 0.0913. The number of para-hydroxylation sites is 1. The predicted molar refractivity (Wildman–Crippen MR) is 103 cm³/mol. The van der Waals surface area contributed by atoms with Crippen LogP contribution in [0.1, 0.15) is 30.1 Å². The first-order valence-electron chi connectivity index (χ1n) is 9.02. The van der Waals surface area contributed by atoms with Crippen molar-refractivity contribution in [1.82, 2.24) is 15.0 Å². The molecule has 0 saturated heterocycles. The highest BCUT2D eigenvalue weighted by molar-refractivity contribution is 5.91. The van der Waals surface area contributed by atoms with Gasteiger partial charge < -0.3 is 15.7 Å². The van der Waals surface area contributed by atoms with Gasteiger partial charge in [-0.25, -0.2) is 9.97 Å². The lowest BCUT2D eigenvalue weighted by molar-refractivity contribution is 0.311. The van der Waals surface area contributed by atoms with Crippen LogP contribution in [0.4, 0.5) is 11.5 Å². The van der Waals surface area contributed by atoms with Crippen LogP contribution in [0.5, 0.6) is 0 Å². The standard InChI is InChI=1S/C20H23N5O/c1-13-8-19(16-4-2-3-5-17(16)24-13)25-15-9-14(10-15)18-11-20(21-6-7-26)23-12-22-18/h2-5,8,11-12,14-15,26H,6-7,9-10H2,1H3,(H,24,25)(H,21,22,23). The maximum absolute atomic E-state index is 8.91. The summed E-state index contributed by atoms with van der Waals surface area (Å²) in [7, 11) is 0. The van der Waals surface area contributed by atoms with E-state index in [4.69, 9.17) is 5.11 Å². The molecule has 0 atom stereocenters. The van der Waals surface area contributed by atoms with Gasteiger partial charge in [0.25, 0.3) is 0 Å². The van der Waals surface area contributed by atoms with Crippen LogP contribution in [-0.2, 0) is 0 Å². The minimum Gasteiger partial charge on any atom is -0.395 e. The second kappa shape index (κ2) is 7.25. The zero-order valence-electron chi connectivity index (χ0n) is 14.8. The zero-order valence-corrected chi connectivity index (χ0v) is 14.8. The molecule has 0 radical (unpaired) electrons. The molecule has 1 aliphatic rings. The van der Waals surface area contributed by atoms with Crippen molar-refractivity contribution in [3.8, 4) is 0 Å². The number of nitrogens with one attached hydrogen (secondary N) is 2. The van der Waals surface area contributed by atoms with Crippen molar-refractivity contribution >= 4 is 22.4 Å². The largest absolute Gasteiger partial charge is 0.395 e. The molecular weight excluding hydrogens is 326 g/mol. The van der Waals surface area contributed by atoms with Gasteiger partial charge in [0, 0.05) is 47.0 Å². The third kappa shape index (κ3) is 3.46. The zero-order chi connectivity index (χ0) is 17.9. The van der Waals surface area contributed by atoms with E-state index >= 15 is 0 Å². The highest BCUT2D eigenvalue weighted by Crippen LogP contribution is 2.39. The second-order valence-corrected chi connectivity index (χ2v) is 6.82. The Morgan fingerprint density at radius 1 is 1.15 bits per heavy atom. The number of nitrogens with zero attached hydrogens (tertiary/aromatic N) is 3. The van der Waals surface area contributed by atoms with Gasteiger partial charge in [0.2, 0.25) is 0 Å². The molecule has 134 valence electrons. The summed E-state index contributed by atoms with van der Waals surface area (Å²) in [5.74, 6) is 1.22. The Kier molecular flexibility index (Phi) is 4.67. The Hall–Kier alpha value is -2.73. The van der Waals surface area contributed by atoms with Gasteiger partial charge in [-0.2, -0.15) is 0 Å². The number of benzene rings is 1. The number of fused-ring (bicyclic) bond motifs is 1. The van der Waals surface area contributed by atoms with Crippen LogP contribution in [0.2, 0.25) is 0 Å². The fourth-order valence-corrected chi connectivity index (χ4v) is 3.50. The molecular formula is C20H23N5O. The number of pyridine rings is 1. The van der Waals surface area contributed by atoms with Crippen molar-refractivity contribution in [2.45, 2.75) is 31.7 Å². The maximum atomic E-state index is 8.91. The molecule has 1 saturated carbocycles. The molecule has 0 bridgehead atoms. The SMILES string of the molecule is Cc1cc(NC2CC(c3cc(NCCO)ncn3)C2)c2ccccc2n1. The van der Waals surface area contributed by atoms with E-state index in [1.54, 1.807) is 6.33 Å². The Bertz CT molecular complexity index is 908. The summed E-state index contributed by atoms with van der Waals surface area (Å²) in [6.07, 6.45) is 3.69. The average Bonchev–Trinajstić information content (AvgIpc) is 2.62. The van der Waals surface area contributed by atoms with Gasteiger partial charge >= 0.3 is 0 Å². The van der Waals surface area contributed by atoms with E-state index in [2.05, 4.69) is 49.9 Å². The van der Waals surface area contributed by atoms with E-state index in [1.807, 2.05) is 19.1 Å². The van der Waals surface area contributed by atoms with E-state index in [0.717, 1.165) is 41.3 Å². The first-order valence-corrected chi connectivity index (χ1v) is 9.02. The van der Waals surface area contributed by atoms with Crippen LogP contribution in [-0.4, -0.2) is 39.3 Å².